The molecule has 0 bridgehead atoms. The SMILES string of the molecule is CC(C)(C)OC(=O)N(c1ccc(C(=O)OCC(=O)O)cc1OCC1CC1)S(C)(=O)=O. The van der Waals surface area contributed by atoms with Gasteiger partial charge in [0.15, 0.2) is 6.61 Å². The van der Waals surface area contributed by atoms with Crippen LogP contribution < -0.4 is 9.04 Å². The number of amides is 1. The van der Waals surface area contributed by atoms with Gasteiger partial charge in [0, 0.05) is 0 Å². The van der Waals surface area contributed by atoms with Crippen LogP contribution in [0.2, 0.25) is 0 Å². The molecule has 0 spiro atoms. The quantitative estimate of drug-likeness (QED) is 0.600. The standard InChI is InChI=1S/C19H25NO9S/c1-19(2,3)29-18(24)20(30(4,25)26)14-8-7-13(17(23)28-11-16(21)22)9-15(14)27-10-12-5-6-12/h7-9,12H,5-6,10-11H2,1-4H3,(H,21,22). The van der Waals surface area contributed by atoms with Gasteiger partial charge >= 0.3 is 18.0 Å². The fourth-order valence-electron chi connectivity index (χ4n) is 2.34. The van der Waals surface area contributed by atoms with Crippen LogP contribution in [0.15, 0.2) is 18.2 Å². The lowest BCUT2D eigenvalue weighted by Gasteiger charge is -2.27. The van der Waals surface area contributed by atoms with E-state index in [1.807, 2.05) is 0 Å². The maximum atomic E-state index is 12.6. The predicted octanol–water partition coefficient (Wildman–Crippen LogP) is 2.42. The highest BCUT2D eigenvalue weighted by Crippen LogP contribution is 2.36. The van der Waals surface area contributed by atoms with Gasteiger partial charge in [-0.1, -0.05) is 0 Å². The van der Waals surface area contributed by atoms with Gasteiger partial charge in [0.25, 0.3) is 0 Å². The minimum absolute atomic E-state index is 0.0389. The molecule has 11 heteroatoms. The largest absolute Gasteiger partial charge is 0.491 e. The first-order chi connectivity index (χ1) is 13.8. The van der Waals surface area contributed by atoms with E-state index in [0.717, 1.165) is 19.1 Å². The Morgan fingerprint density at radius 1 is 1.20 bits per heavy atom. The number of carbonyl (C=O) groups excluding carboxylic acids is 2. The number of carboxylic acid groups (broad SMARTS) is 1. The Labute approximate surface area is 174 Å². The molecule has 0 heterocycles. The monoisotopic (exact) mass is 443 g/mol. The number of esters is 1. The lowest BCUT2D eigenvalue weighted by Crippen LogP contribution is -2.40. The van der Waals surface area contributed by atoms with E-state index < -0.39 is 40.3 Å². The molecule has 0 saturated heterocycles. The summed E-state index contributed by atoms with van der Waals surface area (Å²) in [6, 6.07) is 3.64. The first-order valence-corrected chi connectivity index (χ1v) is 11.0. The number of rotatable bonds is 8. The van der Waals surface area contributed by atoms with Crippen LogP contribution in [-0.2, 0) is 24.3 Å². The molecule has 1 aliphatic carbocycles. The summed E-state index contributed by atoms with van der Waals surface area (Å²) >= 11 is 0. The molecule has 0 aromatic heterocycles. The summed E-state index contributed by atoms with van der Waals surface area (Å²) in [5.41, 5.74) is -1.12. The van der Waals surface area contributed by atoms with E-state index in [4.69, 9.17) is 14.6 Å². The van der Waals surface area contributed by atoms with E-state index in [1.54, 1.807) is 20.8 Å². The topological polar surface area (TPSA) is 137 Å². The number of nitrogens with zero attached hydrogens (tertiary/aromatic N) is 1. The van der Waals surface area contributed by atoms with Crippen molar-refractivity contribution in [1.82, 2.24) is 0 Å². The minimum Gasteiger partial charge on any atom is -0.491 e. The van der Waals surface area contributed by atoms with E-state index in [9.17, 15) is 22.8 Å². The highest BCUT2D eigenvalue weighted by Gasteiger charge is 2.33. The van der Waals surface area contributed by atoms with Crippen LogP contribution in [0.4, 0.5) is 10.5 Å². The van der Waals surface area contributed by atoms with Crippen molar-refractivity contribution >= 4 is 33.7 Å². The summed E-state index contributed by atoms with van der Waals surface area (Å²) in [5, 5.41) is 8.65. The second-order valence-electron chi connectivity index (χ2n) is 7.91. The fourth-order valence-corrected chi connectivity index (χ4v) is 3.16. The number of aliphatic carboxylic acids is 1. The average Bonchev–Trinajstić information content (AvgIpc) is 3.40. The minimum atomic E-state index is -4.10. The van der Waals surface area contributed by atoms with Crippen LogP contribution in [0.25, 0.3) is 0 Å². The Morgan fingerprint density at radius 3 is 2.33 bits per heavy atom. The van der Waals surface area contributed by atoms with Gasteiger partial charge in [0.1, 0.15) is 17.0 Å². The second kappa shape index (κ2) is 8.90. The number of hydrogen-bond donors (Lipinski definition) is 1. The van der Waals surface area contributed by atoms with Gasteiger partial charge < -0.3 is 19.3 Å². The number of carbonyl (C=O) groups is 3. The van der Waals surface area contributed by atoms with Crippen LogP contribution in [0.1, 0.15) is 44.0 Å². The number of anilines is 1. The van der Waals surface area contributed by atoms with E-state index in [1.165, 1.54) is 18.2 Å². The van der Waals surface area contributed by atoms with Crippen molar-refractivity contribution in [2.24, 2.45) is 5.92 Å². The lowest BCUT2D eigenvalue weighted by atomic mass is 10.2. The van der Waals surface area contributed by atoms with Gasteiger partial charge in [0.2, 0.25) is 10.0 Å². The number of ether oxygens (including phenoxy) is 3. The molecule has 1 aliphatic rings. The molecule has 0 atom stereocenters. The zero-order valence-corrected chi connectivity index (χ0v) is 18.0. The summed E-state index contributed by atoms with van der Waals surface area (Å²) in [5.74, 6) is -1.99. The highest BCUT2D eigenvalue weighted by molar-refractivity contribution is 7.92. The maximum absolute atomic E-state index is 12.6. The molecular formula is C19H25NO9S. The fraction of sp³-hybridized carbons (Fsp3) is 0.526. The molecule has 1 aromatic rings. The van der Waals surface area contributed by atoms with E-state index in [-0.39, 0.29) is 23.6 Å². The maximum Gasteiger partial charge on any atom is 0.429 e. The van der Waals surface area contributed by atoms with Gasteiger partial charge in [-0.2, -0.15) is 4.31 Å². The summed E-state index contributed by atoms with van der Waals surface area (Å²) in [7, 11) is -4.10. The van der Waals surface area contributed by atoms with E-state index in [2.05, 4.69) is 4.74 Å². The highest BCUT2D eigenvalue weighted by atomic mass is 32.2. The van der Waals surface area contributed by atoms with Crippen molar-refractivity contribution < 1.29 is 42.1 Å². The van der Waals surface area contributed by atoms with Crippen LogP contribution in [0.5, 0.6) is 5.75 Å². The Morgan fingerprint density at radius 2 is 1.83 bits per heavy atom. The Hall–Kier alpha value is -2.82. The van der Waals surface area contributed by atoms with Crippen molar-refractivity contribution in [3.05, 3.63) is 23.8 Å². The Balaban J connectivity index is 2.44. The van der Waals surface area contributed by atoms with Gasteiger partial charge in [0.05, 0.1) is 18.4 Å². The molecule has 1 saturated carbocycles. The third-order valence-electron chi connectivity index (χ3n) is 3.80. The average molecular weight is 443 g/mol. The number of sulfonamides is 1. The third-order valence-corrected chi connectivity index (χ3v) is 4.81. The smallest absolute Gasteiger partial charge is 0.429 e. The van der Waals surface area contributed by atoms with Gasteiger partial charge in [-0.3, -0.25) is 0 Å². The van der Waals surface area contributed by atoms with Crippen molar-refractivity contribution in [2.45, 2.75) is 39.2 Å². The van der Waals surface area contributed by atoms with Gasteiger partial charge in [-0.25, -0.2) is 22.8 Å². The van der Waals surface area contributed by atoms with Crippen LogP contribution >= 0.6 is 0 Å². The summed E-state index contributed by atoms with van der Waals surface area (Å²) < 4.78 is 40.8. The van der Waals surface area contributed by atoms with Gasteiger partial charge in [-0.05, 0) is 57.7 Å². The van der Waals surface area contributed by atoms with Crippen LogP contribution in [-0.4, -0.2) is 56.6 Å². The molecule has 10 nitrogen and oxygen atoms in total. The summed E-state index contributed by atoms with van der Waals surface area (Å²) in [6.45, 7) is 4.23. The normalized spacial score (nSPS) is 14.0. The van der Waals surface area contributed by atoms with Crippen molar-refractivity contribution in [1.29, 1.82) is 0 Å². The first-order valence-electron chi connectivity index (χ1n) is 9.17. The Bertz CT molecular complexity index is 930. The molecule has 0 aliphatic heterocycles. The third kappa shape index (κ3) is 6.90. The molecule has 1 N–H and O–H groups in total. The number of benzene rings is 1. The molecule has 1 fully saturated rings. The van der Waals surface area contributed by atoms with Crippen molar-refractivity contribution in [2.75, 3.05) is 23.8 Å². The van der Waals surface area contributed by atoms with E-state index in [0.29, 0.717) is 10.2 Å². The summed E-state index contributed by atoms with van der Waals surface area (Å²) in [4.78, 5) is 35.3. The first kappa shape index (κ1) is 23.5. The summed E-state index contributed by atoms with van der Waals surface area (Å²) in [6.07, 6.45) is 1.63. The van der Waals surface area contributed by atoms with Crippen LogP contribution in [0.3, 0.4) is 0 Å². The molecule has 1 amide bonds. The van der Waals surface area contributed by atoms with E-state index >= 15 is 0 Å². The molecule has 0 unspecified atom stereocenters. The Kier molecular flexibility index (Phi) is 6.96. The van der Waals surface area contributed by atoms with Crippen molar-refractivity contribution in [3.8, 4) is 5.75 Å². The number of carboxylic acids is 1. The molecule has 1 aromatic carbocycles. The molecule has 2 rings (SSSR count). The van der Waals surface area contributed by atoms with Crippen molar-refractivity contribution in [3.63, 3.8) is 0 Å². The van der Waals surface area contributed by atoms with Gasteiger partial charge in [-0.15, -0.1) is 0 Å². The zero-order chi connectivity index (χ0) is 22.7. The molecular weight excluding hydrogens is 418 g/mol. The molecule has 0 radical (unpaired) electrons. The predicted molar refractivity (Wildman–Crippen MR) is 106 cm³/mol. The second-order valence-corrected chi connectivity index (χ2v) is 9.75. The lowest BCUT2D eigenvalue weighted by molar-refractivity contribution is -0.140. The zero-order valence-electron chi connectivity index (χ0n) is 17.2. The molecule has 30 heavy (non-hydrogen) atoms. The number of hydrogen-bond acceptors (Lipinski definition) is 8. The van der Waals surface area contributed by atoms with Crippen LogP contribution in [0, 0.1) is 5.92 Å². The molecule has 166 valence electrons.